The van der Waals surface area contributed by atoms with Crippen molar-refractivity contribution in [3.63, 3.8) is 0 Å². The number of nitrogens with zero attached hydrogens (tertiary/aromatic N) is 6. The minimum atomic E-state index is -0.617. The maximum Gasteiger partial charge on any atom is 0.222 e. The highest BCUT2D eigenvalue weighted by Crippen LogP contribution is 2.22. The molecule has 22 heavy (non-hydrogen) atoms. The Morgan fingerprint density at radius 1 is 1.50 bits per heavy atom. The normalized spacial score (nSPS) is 16.5. The molecule has 0 saturated carbocycles. The molecule has 2 aromatic heterocycles. The second kappa shape index (κ2) is 6.27. The van der Waals surface area contributed by atoms with E-state index in [0.29, 0.717) is 25.2 Å². The van der Waals surface area contributed by atoms with Gasteiger partial charge in [-0.2, -0.15) is 5.10 Å². The van der Waals surface area contributed by atoms with Crippen molar-refractivity contribution in [1.29, 1.82) is 0 Å². The highest BCUT2D eigenvalue weighted by Gasteiger charge is 2.32. The Bertz CT molecular complexity index is 615. The van der Waals surface area contributed by atoms with Crippen molar-refractivity contribution in [3.05, 3.63) is 30.4 Å². The van der Waals surface area contributed by atoms with Crippen LogP contribution in [0.2, 0.25) is 0 Å². The van der Waals surface area contributed by atoms with Crippen molar-refractivity contribution in [2.75, 3.05) is 13.1 Å². The monoisotopic (exact) mass is 304 g/mol. The van der Waals surface area contributed by atoms with Gasteiger partial charge in [-0.1, -0.05) is 5.21 Å². The Morgan fingerprint density at radius 2 is 2.32 bits per heavy atom. The second-order valence-electron chi connectivity index (χ2n) is 5.62. The van der Waals surface area contributed by atoms with E-state index in [1.807, 2.05) is 21.8 Å². The summed E-state index contributed by atoms with van der Waals surface area (Å²) in [5.41, 5.74) is 0.559. The summed E-state index contributed by atoms with van der Waals surface area (Å²) in [5, 5.41) is 21.5. The molecule has 8 nitrogen and oxygen atoms in total. The van der Waals surface area contributed by atoms with E-state index in [9.17, 15) is 9.90 Å². The first-order chi connectivity index (χ1) is 10.6. The number of hydrogen-bond donors (Lipinski definition) is 1. The third-order valence-electron chi connectivity index (χ3n) is 3.88. The molecule has 3 rings (SSSR count). The molecule has 1 aliphatic rings. The zero-order valence-corrected chi connectivity index (χ0v) is 12.5. The number of aromatic nitrogens is 5. The SMILES string of the molecule is CC(O)c1cn(C2CN(C(=O)CCCn3cccn3)C2)nn1. The summed E-state index contributed by atoms with van der Waals surface area (Å²) in [6.45, 7) is 3.73. The lowest BCUT2D eigenvalue weighted by atomic mass is 10.1. The number of carbonyl (C=O) groups is 1. The first-order valence-electron chi connectivity index (χ1n) is 7.48. The standard InChI is InChI=1S/C14H20N6O2/c1-11(21)13-10-20(17-16-13)12-8-18(9-12)14(22)4-2-6-19-7-3-5-15-19/h3,5,7,10-12,21H,2,4,6,8-9H2,1H3. The summed E-state index contributed by atoms with van der Waals surface area (Å²) in [6.07, 6.45) is 6.08. The molecule has 0 aliphatic carbocycles. The predicted octanol–water partition coefficient (Wildman–Crippen LogP) is 0.392. The average Bonchev–Trinajstić information content (AvgIpc) is 3.08. The summed E-state index contributed by atoms with van der Waals surface area (Å²) < 4.78 is 3.56. The summed E-state index contributed by atoms with van der Waals surface area (Å²) >= 11 is 0. The largest absolute Gasteiger partial charge is 0.387 e. The Labute approximate surface area is 128 Å². The summed E-state index contributed by atoms with van der Waals surface area (Å²) in [6, 6.07) is 2.04. The first kappa shape index (κ1) is 14.7. The molecule has 8 heteroatoms. The highest BCUT2D eigenvalue weighted by molar-refractivity contribution is 5.77. The molecule has 0 bridgehead atoms. The van der Waals surface area contributed by atoms with Gasteiger partial charge in [-0.15, -0.1) is 5.10 Å². The number of amides is 1. The van der Waals surface area contributed by atoms with Gasteiger partial charge in [0.2, 0.25) is 5.91 Å². The molecule has 1 aliphatic heterocycles. The van der Waals surface area contributed by atoms with Crippen molar-refractivity contribution in [3.8, 4) is 0 Å². The van der Waals surface area contributed by atoms with E-state index in [1.165, 1.54) is 0 Å². The van der Waals surface area contributed by atoms with Crippen LogP contribution in [0, 0.1) is 0 Å². The zero-order chi connectivity index (χ0) is 15.5. The van der Waals surface area contributed by atoms with E-state index < -0.39 is 6.10 Å². The molecular weight excluding hydrogens is 284 g/mol. The van der Waals surface area contributed by atoms with E-state index in [4.69, 9.17) is 0 Å². The van der Waals surface area contributed by atoms with Crippen LogP contribution < -0.4 is 0 Å². The van der Waals surface area contributed by atoms with Gasteiger partial charge in [-0.3, -0.25) is 9.48 Å². The Morgan fingerprint density at radius 3 is 2.95 bits per heavy atom. The van der Waals surface area contributed by atoms with Gasteiger partial charge >= 0.3 is 0 Å². The molecule has 0 radical (unpaired) electrons. The van der Waals surface area contributed by atoms with Gasteiger partial charge in [0, 0.05) is 38.4 Å². The molecule has 1 saturated heterocycles. The molecule has 1 atom stereocenters. The zero-order valence-electron chi connectivity index (χ0n) is 12.5. The van der Waals surface area contributed by atoms with Crippen LogP contribution in [0.25, 0.3) is 0 Å². The quantitative estimate of drug-likeness (QED) is 0.834. The highest BCUT2D eigenvalue weighted by atomic mass is 16.3. The van der Waals surface area contributed by atoms with E-state index in [2.05, 4.69) is 15.4 Å². The number of carbonyl (C=O) groups excluding carboxylic acids is 1. The van der Waals surface area contributed by atoms with Crippen LogP contribution in [0.3, 0.4) is 0 Å². The van der Waals surface area contributed by atoms with Crippen molar-refractivity contribution >= 4 is 5.91 Å². The van der Waals surface area contributed by atoms with Crippen molar-refractivity contribution in [2.24, 2.45) is 0 Å². The lowest BCUT2D eigenvalue weighted by molar-refractivity contribution is -0.137. The van der Waals surface area contributed by atoms with Crippen LogP contribution in [0.1, 0.15) is 37.6 Å². The minimum absolute atomic E-state index is 0.162. The van der Waals surface area contributed by atoms with Gasteiger partial charge in [-0.05, 0) is 19.4 Å². The molecule has 1 amide bonds. The fourth-order valence-electron chi connectivity index (χ4n) is 2.47. The van der Waals surface area contributed by atoms with Gasteiger partial charge in [0.1, 0.15) is 5.69 Å². The van der Waals surface area contributed by atoms with Gasteiger partial charge in [0.05, 0.1) is 18.3 Å². The molecule has 0 spiro atoms. The van der Waals surface area contributed by atoms with E-state index in [0.717, 1.165) is 13.0 Å². The third-order valence-corrected chi connectivity index (χ3v) is 3.88. The Hall–Kier alpha value is -2.22. The maximum absolute atomic E-state index is 12.1. The predicted molar refractivity (Wildman–Crippen MR) is 77.7 cm³/mol. The lowest BCUT2D eigenvalue weighted by Gasteiger charge is -2.39. The molecule has 1 N–H and O–H groups in total. The fourth-order valence-corrected chi connectivity index (χ4v) is 2.47. The molecular formula is C14H20N6O2. The topological polar surface area (TPSA) is 89.1 Å². The minimum Gasteiger partial charge on any atom is -0.387 e. The van der Waals surface area contributed by atoms with Crippen LogP contribution in [0.15, 0.2) is 24.7 Å². The van der Waals surface area contributed by atoms with Gasteiger partial charge < -0.3 is 10.0 Å². The Balaban J connectivity index is 1.41. The number of likely N-dealkylation sites (tertiary alicyclic amines) is 1. The van der Waals surface area contributed by atoms with Crippen LogP contribution in [-0.4, -0.2) is 53.8 Å². The number of rotatable bonds is 6. The van der Waals surface area contributed by atoms with Crippen molar-refractivity contribution in [2.45, 2.75) is 38.5 Å². The lowest BCUT2D eigenvalue weighted by Crippen LogP contribution is -2.50. The third kappa shape index (κ3) is 3.16. The molecule has 0 aromatic carbocycles. The van der Waals surface area contributed by atoms with E-state index in [1.54, 1.807) is 24.0 Å². The number of hydrogen-bond acceptors (Lipinski definition) is 5. The molecule has 1 unspecified atom stereocenters. The van der Waals surface area contributed by atoms with Crippen molar-refractivity contribution < 1.29 is 9.90 Å². The second-order valence-corrected chi connectivity index (χ2v) is 5.62. The van der Waals surface area contributed by atoms with Gasteiger partial charge in [0.25, 0.3) is 0 Å². The first-order valence-corrected chi connectivity index (χ1v) is 7.48. The molecule has 2 aromatic rings. The van der Waals surface area contributed by atoms with Gasteiger partial charge in [-0.25, -0.2) is 4.68 Å². The van der Waals surface area contributed by atoms with Crippen LogP contribution in [0.5, 0.6) is 0 Å². The number of aliphatic hydroxyl groups is 1. The average molecular weight is 304 g/mol. The number of aliphatic hydroxyl groups excluding tert-OH is 1. The van der Waals surface area contributed by atoms with E-state index in [-0.39, 0.29) is 11.9 Å². The Kier molecular flexibility index (Phi) is 4.19. The summed E-state index contributed by atoms with van der Waals surface area (Å²) in [5.74, 6) is 0.166. The summed E-state index contributed by atoms with van der Waals surface area (Å²) in [4.78, 5) is 13.9. The molecule has 3 heterocycles. The number of aryl methyl sites for hydroxylation is 1. The van der Waals surface area contributed by atoms with Gasteiger partial charge in [0.15, 0.2) is 0 Å². The van der Waals surface area contributed by atoms with Crippen LogP contribution in [-0.2, 0) is 11.3 Å². The van der Waals surface area contributed by atoms with Crippen molar-refractivity contribution in [1.82, 2.24) is 29.7 Å². The fraction of sp³-hybridized carbons (Fsp3) is 0.571. The summed E-state index contributed by atoms with van der Waals surface area (Å²) in [7, 11) is 0. The van der Waals surface area contributed by atoms with E-state index >= 15 is 0 Å². The molecule has 118 valence electrons. The van der Waals surface area contributed by atoms with Crippen LogP contribution >= 0.6 is 0 Å². The molecule has 1 fully saturated rings. The maximum atomic E-state index is 12.1. The smallest absolute Gasteiger partial charge is 0.222 e. The van der Waals surface area contributed by atoms with Crippen LogP contribution in [0.4, 0.5) is 0 Å².